The zero-order valence-electron chi connectivity index (χ0n) is 18.7. The third-order valence-electron chi connectivity index (χ3n) is 4.96. The summed E-state index contributed by atoms with van der Waals surface area (Å²) < 4.78 is 6.67. The zero-order chi connectivity index (χ0) is 23.9. The van der Waals surface area contributed by atoms with Crippen LogP contribution in [0.25, 0.3) is 11.5 Å². The summed E-state index contributed by atoms with van der Waals surface area (Å²) in [6.07, 6.45) is 6.37. The van der Waals surface area contributed by atoms with Gasteiger partial charge >= 0.3 is 0 Å². The number of thiazole rings is 1. The molecule has 0 saturated carbocycles. The molecule has 3 heterocycles. The third-order valence-corrected chi connectivity index (χ3v) is 6.82. The number of aromatic nitrogens is 3. The van der Waals surface area contributed by atoms with Gasteiger partial charge in [-0.3, -0.25) is 14.6 Å². The smallest absolute Gasteiger partial charge is 0.271 e. The van der Waals surface area contributed by atoms with E-state index in [1.54, 1.807) is 24.7 Å². The summed E-state index contributed by atoms with van der Waals surface area (Å²) in [4.78, 5) is 37.6. The minimum Gasteiger partial charge on any atom is -0.441 e. The Morgan fingerprint density at radius 1 is 1.18 bits per heavy atom. The summed E-state index contributed by atoms with van der Waals surface area (Å²) in [6, 6.07) is 11.1. The number of anilines is 1. The van der Waals surface area contributed by atoms with Gasteiger partial charge in [0.15, 0.2) is 0 Å². The molecule has 0 aliphatic heterocycles. The number of carbonyl (C=O) groups is 2. The number of thioether (sulfide) groups is 1. The van der Waals surface area contributed by atoms with Crippen molar-refractivity contribution >= 4 is 40.6 Å². The van der Waals surface area contributed by atoms with Crippen LogP contribution in [0.4, 0.5) is 5.69 Å². The van der Waals surface area contributed by atoms with Crippen LogP contribution in [0.15, 0.2) is 62.9 Å². The summed E-state index contributed by atoms with van der Waals surface area (Å²) in [6.45, 7) is 2.03. The van der Waals surface area contributed by atoms with Gasteiger partial charge in [-0.2, -0.15) is 0 Å². The lowest BCUT2D eigenvalue weighted by Gasteiger charge is -2.06. The average Bonchev–Trinajstić information content (AvgIpc) is 3.49. The first-order valence-corrected chi connectivity index (χ1v) is 12.7. The fourth-order valence-electron chi connectivity index (χ4n) is 3.18. The van der Waals surface area contributed by atoms with Crippen molar-refractivity contribution in [2.75, 3.05) is 11.6 Å². The van der Waals surface area contributed by atoms with Crippen molar-refractivity contribution in [1.82, 2.24) is 20.3 Å². The van der Waals surface area contributed by atoms with Crippen LogP contribution in [-0.4, -0.2) is 33.0 Å². The van der Waals surface area contributed by atoms with Gasteiger partial charge in [0.2, 0.25) is 11.8 Å². The largest absolute Gasteiger partial charge is 0.441 e. The van der Waals surface area contributed by atoms with Crippen molar-refractivity contribution in [3.05, 3.63) is 76.9 Å². The number of hydrogen-bond donors (Lipinski definition) is 2. The molecule has 0 radical (unpaired) electrons. The van der Waals surface area contributed by atoms with Crippen molar-refractivity contribution in [2.24, 2.45) is 0 Å². The van der Waals surface area contributed by atoms with Crippen LogP contribution in [0.2, 0.25) is 0 Å². The standard InChI is InChI=1S/C24H23N5O3S2/c1-15-19(13-26-22(31)20-14-34-24(29-20)33-2)28-23(32-15)17-6-3-7-18(11-17)27-21(30)9-8-16-5-4-10-25-12-16/h3-7,10-12,14H,8-9,13H2,1-2H3,(H,26,31)(H,27,30). The van der Waals surface area contributed by atoms with Gasteiger partial charge in [-0.1, -0.05) is 23.9 Å². The molecule has 0 saturated heterocycles. The number of nitrogens with one attached hydrogen (secondary N) is 2. The Balaban J connectivity index is 1.37. The van der Waals surface area contributed by atoms with Crippen LogP contribution in [-0.2, 0) is 17.8 Å². The Hall–Kier alpha value is -3.50. The molecule has 0 atom stereocenters. The van der Waals surface area contributed by atoms with Gasteiger partial charge in [-0.25, -0.2) is 9.97 Å². The second kappa shape index (κ2) is 11.1. The maximum absolute atomic E-state index is 12.4. The number of nitrogens with zero attached hydrogens (tertiary/aromatic N) is 3. The van der Waals surface area contributed by atoms with E-state index >= 15 is 0 Å². The number of oxazole rings is 1. The Kier molecular flexibility index (Phi) is 7.71. The molecule has 2 N–H and O–H groups in total. The first kappa shape index (κ1) is 23.7. The predicted octanol–water partition coefficient (Wildman–Crippen LogP) is 4.72. The van der Waals surface area contributed by atoms with Crippen LogP contribution in [0.1, 0.15) is 33.9 Å². The summed E-state index contributed by atoms with van der Waals surface area (Å²) in [7, 11) is 0. The fraction of sp³-hybridized carbons (Fsp3) is 0.208. The van der Waals surface area contributed by atoms with Gasteiger partial charge in [-0.15, -0.1) is 11.3 Å². The predicted molar refractivity (Wildman–Crippen MR) is 133 cm³/mol. The number of hydrogen-bond acceptors (Lipinski definition) is 8. The van der Waals surface area contributed by atoms with Gasteiger partial charge in [0.25, 0.3) is 5.91 Å². The quantitative estimate of drug-likeness (QED) is 0.325. The van der Waals surface area contributed by atoms with E-state index in [0.717, 1.165) is 15.5 Å². The Bertz CT molecular complexity index is 1290. The number of amides is 2. The van der Waals surface area contributed by atoms with E-state index in [1.165, 1.54) is 23.1 Å². The lowest BCUT2D eigenvalue weighted by Crippen LogP contribution is -2.23. The molecule has 0 spiro atoms. The molecule has 4 aromatic rings. The zero-order valence-corrected chi connectivity index (χ0v) is 20.3. The first-order chi connectivity index (χ1) is 16.5. The van der Waals surface area contributed by atoms with Crippen molar-refractivity contribution in [3.63, 3.8) is 0 Å². The molecular weight excluding hydrogens is 470 g/mol. The highest BCUT2D eigenvalue weighted by Crippen LogP contribution is 2.25. The van der Waals surface area contributed by atoms with E-state index in [2.05, 4.69) is 25.6 Å². The maximum atomic E-state index is 12.4. The number of rotatable bonds is 9. The van der Waals surface area contributed by atoms with Crippen LogP contribution in [0.5, 0.6) is 0 Å². The van der Waals surface area contributed by atoms with Gasteiger partial charge in [0.1, 0.15) is 21.5 Å². The monoisotopic (exact) mass is 493 g/mol. The molecule has 2 amide bonds. The molecule has 8 nitrogen and oxygen atoms in total. The Labute approximate surface area is 205 Å². The minimum atomic E-state index is -0.253. The topological polar surface area (TPSA) is 110 Å². The molecule has 1 aromatic carbocycles. The van der Waals surface area contributed by atoms with Crippen molar-refractivity contribution in [1.29, 1.82) is 0 Å². The average molecular weight is 494 g/mol. The molecule has 174 valence electrons. The Morgan fingerprint density at radius 2 is 2.06 bits per heavy atom. The summed E-state index contributed by atoms with van der Waals surface area (Å²) in [5.74, 6) is 0.701. The third kappa shape index (κ3) is 6.09. The van der Waals surface area contributed by atoms with E-state index < -0.39 is 0 Å². The van der Waals surface area contributed by atoms with E-state index in [1.807, 2.05) is 42.7 Å². The molecule has 0 bridgehead atoms. The summed E-state index contributed by atoms with van der Waals surface area (Å²) >= 11 is 2.94. The van der Waals surface area contributed by atoms with Crippen LogP contribution in [0, 0.1) is 6.92 Å². The van der Waals surface area contributed by atoms with Crippen molar-refractivity contribution < 1.29 is 14.0 Å². The van der Waals surface area contributed by atoms with E-state index in [0.29, 0.717) is 41.6 Å². The lowest BCUT2D eigenvalue weighted by atomic mass is 10.1. The highest BCUT2D eigenvalue weighted by Gasteiger charge is 2.15. The molecule has 0 aliphatic rings. The first-order valence-electron chi connectivity index (χ1n) is 10.5. The molecule has 0 unspecified atom stereocenters. The SMILES string of the molecule is CSc1nc(C(=O)NCc2nc(-c3cccc(NC(=O)CCc4cccnc4)c3)oc2C)cs1. The van der Waals surface area contributed by atoms with Crippen molar-refractivity contribution in [3.8, 4) is 11.5 Å². The number of pyridine rings is 1. The molecule has 3 aromatic heterocycles. The van der Waals surface area contributed by atoms with Crippen LogP contribution < -0.4 is 10.6 Å². The van der Waals surface area contributed by atoms with Gasteiger partial charge in [-0.05, 0) is 49.4 Å². The number of benzene rings is 1. The van der Waals surface area contributed by atoms with E-state index in [9.17, 15) is 9.59 Å². The van der Waals surface area contributed by atoms with Gasteiger partial charge < -0.3 is 15.1 Å². The fourth-order valence-corrected chi connectivity index (χ4v) is 4.42. The van der Waals surface area contributed by atoms with Crippen molar-refractivity contribution in [2.45, 2.75) is 30.6 Å². The van der Waals surface area contributed by atoms with Crippen LogP contribution >= 0.6 is 23.1 Å². The highest BCUT2D eigenvalue weighted by molar-refractivity contribution is 8.00. The summed E-state index contributed by atoms with van der Waals surface area (Å²) in [5.41, 5.74) is 3.43. The normalized spacial score (nSPS) is 10.8. The van der Waals surface area contributed by atoms with Crippen LogP contribution in [0.3, 0.4) is 0 Å². The Morgan fingerprint density at radius 3 is 2.82 bits per heavy atom. The number of aryl methyl sites for hydroxylation is 2. The second-order valence-corrected chi connectivity index (χ2v) is 9.31. The molecular formula is C24H23N5O3S2. The van der Waals surface area contributed by atoms with E-state index in [-0.39, 0.29) is 18.4 Å². The molecule has 4 rings (SSSR count). The minimum absolute atomic E-state index is 0.0836. The molecule has 10 heteroatoms. The molecule has 0 fully saturated rings. The second-order valence-electron chi connectivity index (χ2n) is 7.40. The van der Waals surface area contributed by atoms with E-state index in [4.69, 9.17) is 4.42 Å². The maximum Gasteiger partial charge on any atom is 0.271 e. The molecule has 34 heavy (non-hydrogen) atoms. The van der Waals surface area contributed by atoms with Gasteiger partial charge in [0.05, 0.1) is 6.54 Å². The molecule has 0 aliphatic carbocycles. The number of carbonyl (C=O) groups excluding carboxylic acids is 2. The summed E-state index contributed by atoms with van der Waals surface area (Å²) in [5, 5.41) is 7.49. The highest BCUT2D eigenvalue weighted by atomic mass is 32.2. The van der Waals surface area contributed by atoms with Gasteiger partial charge in [0, 0.05) is 35.4 Å². The lowest BCUT2D eigenvalue weighted by molar-refractivity contribution is -0.116.